The lowest BCUT2D eigenvalue weighted by atomic mass is 10.1. The second kappa shape index (κ2) is 9.34. The predicted octanol–water partition coefficient (Wildman–Crippen LogP) is 1.79. The Bertz CT molecular complexity index is 406. The highest BCUT2D eigenvalue weighted by Crippen LogP contribution is 2.09. The minimum atomic E-state index is -0.267. The number of ether oxygens (including phenoxy) is 1. The van der Waals surface area contributed by atoms with Gasteiger partial charge in [0.1, 0.15) is 0 Å². The quantitative estimate of drug-likeness (QED) is 0.680. The summed E-state index contributed by atoms with van der Waals surface area (Å²) >= 11 is 0. The number of rotatable bonds is 8. The molecule has 1 unspecified atom stereocenters. The normalized spacial score (nSPS) is 11.9. The Morgan fingerprint density at radius 3 is 2.60 bits per heavy atom. The summed E-state index contributed by atoms with van der Waals surface area (Å²) in [6.07, 6.45) is 0.699. The van der Waals surface area contributed by atoms with E-state index < -0.39 is 0 Å². The summed E-state index contributed by atoms with van der Waals surface area (Å²) in [6, 6.07) is 7.39. The Labute approximate surface area is 120 Å². The maximum atomic E-state index is 11.7. The minimum Gasteiger partial charge on any atom is -0.394 e. The number of hydrogen-bond acceptors (Lipinski definition) is 3. The number of aliphatic hydroxyl groups excluding tert-OH is 1. The molecule has 1 aromatic rings. The van der Waals surface area contributed by atoms with Crippen LogP contribution in [0.25, 0.3) is 0 Å². The molecule has 0 saturated carbocycles. The molecule has 0 aliphatic heterocycles. The molecule has 1 aromatic carbocycles. The first-order valence-corrected chi connectivity index (χ1v) is 7.01. The van der Waals surface area contributed by atoms with Gasteiger partial charge in [-0.15, -0.1) is 0 Å². The van der Waals surface area contributed by atoms with Crippen LogP contribution in [0, 0.1) is 0 Å². The molecule has 0 radical (unpaired) electrons. The molecule has 5 heteroatoms. The zero-order valence-electron chi connectivity index (χ0n) is 12.2. The summed E-state index contributed by atoms with van der Waals surface area (Å²) in [5.74, 6) is 0. The number of benzene rings is 1. The average Bonchev–Trinajstić information content (AvgIpc) is 2.49. The molecule has 0 aliphatic carbocycles. The number of carbonyl (C=O) groups is 1. The average molecular weight is 280 g/mol. The van der Waals surface area contributed by atoms with E-state index in [1.165, 1.54) is 0 Å². The monoisotopic (exact) mass is 280 g/mol. The molecule has 0 bridgehead atoms. The molecular formula is C15H24N2O3. The fourth-order valence-electron chi connectivity index (χ4n) is 1.77. The number of nitrogens with one attached hydrogen (secondary N) is 2. The Balaban J connectivity index is 2.50. The minimum absolute atomic E-state index is 0.0507. The number of carbonyl (C=O) groups excluding carboxylic acids is 1. The Morgan fingerprint density at radius 2 is 2.00 bits per heavy atom. The van der Waals surface area contributed by atoms with Crippen LogP contribution in [0.1, 0.15) is 31.4 Å². The van der Waals surface area contributed by atoms with Crippen LogP contribution in [0.15, 0.2) is 24.3 Å². The van der Waals surface area contributed by atoms with Crippen molar-refractivity contribution in [2.75, 3.05) is 13.2 Å². The third-order valence-electron chi connectivity index (χ3n) is 3.07. The van der Waals surface area contributed by atoms with E-state index in [2.05, 4.69) is 10.6 Å². The molecule has 1 atom stereocenters. The first-order chi connectivity index (χ1) is 9.71. The van der Waals surface area contributed by atoms with Crippen molar-refractivity contribution < 1.29 is 14.6 Å². The lowest BCUT2D eigenvalue weighted by Gasteiger charge is -2.15. The predicted molar refractivity (Wildman–Crippen MR) is 78.3 cm³/mol. The van der Waals surface area contributed by atoms with Crippen molar-refractivity contribution in [2.24, 2.45) is 0 Å². The highest BCUT2D eigenvalue weighted by molar-refractivity contribution is 5.74. The van der Waals surface area contributed by atoms with Crippen LogP contribution < -0.4 is 10.6 Å². The number of amides is 2. The first-order valence-electron chi connectivity index (χ1n) is 7.01. The van der Waals surface area contributed by atoms with E-state index in [1.807, 2.05) is 38.1 Å². The van der Waals surface area contributed by atoms with Crippen molar-refractivity contribution in [1.29, 1.82) is 0 Å². The van der Waals surface area contributed by atoms with Crippen LogP contribution in [0.5, 0.6) is 0 Å². The van der Waals surface area contributed by atoms with Gasteiger partial charge in [-0.05, 0) is 24.5 Å². The second-order valence-electron chi connectivity index (χ2n) is 4.52. The van der Waals surface area contributed by atoms with E-state index in [0.717, 1.165) is 11.1 Å². The summed E-state index contributed by atoms with van der Waals surface area (Å²) < 4.78 is 5.40. The fraction of sp³-hybridized carbons (Fsp3) is 0.533. The van der Waals surface area contributed by atoms with Gasteiger partial charge >= 0.3 is 6.03 Å². The third kappa shape index (κ3) is 5.59. The molecule has 0 spiro atoms. The van der Waals surface area contributed by atoms with Crippen molar-refractivity contribution in [1.82, 2.24) is 10.6 Å². The van der Waals surface area contributed by atoms with E-state index in [9.17, 15) is 4.79 Å². The van der Waals surface area contributed by atoms with Crippen LogP contribution >= 0.6 is 0 Å². The fourth-order valence-corrected chi connectivity index (χ4v) is 1.77. The van der Waals surface area contributed by atoms with Crippen LogP contribution in [-0.4, -0.2) is 30.4 Å². The van der Waals surface area contributed by atoms with Gasteiger partial charge in [0.05, 0.1) is 19.3 Å². The van der Waals surface area contributed by atoms with Gasteiger partial charge in [-0.3, -0.25) is 0 Å². The largest absolute Gasteiger partial charge is 0.394 e. The van der Waals surface area contributed by atoms with E-state index >= 15 is 0 Å². The molecule has 0 saturated heterocycles. The SMILES string of the molecule is CCOCc1ccccc1CNC(=O)NC(CC)CO. The molecular weight excluding hydrogens is 256 g/mol. The molecule has 20 heavy (non-hydrogen) atoms. The highest BCUT2D eigenvalue weighted by atomic mass is 16.5. The van der Waals surface area contributed by atoms with Gasteiger partial charge in [-0.1, -0.05) is 31.2 Å². The van der Waals surface area contributed by atoms with Crippen LogP contribution in [0.4, 0.5) is 4.79 Å². The first kappa shape index (κ1) is 16.5. The van der Waals surface area contributed by atoms with Crippen LogP contribution in [-0.2, 0) is 17.9 Å². The highest BCUT2D eigenvalue weighted by Gasteiger charge is 2.09. The molecule has 3 N–H and O–H groups in total. The van der Waals surface area contributed by atoms with E-state index in [4.69, 9.17) is 9.84 Å². The second-order valence-corrected chi connectivity index (χ2v) is 4.52. The van der Waals surface area contributed by atoms with Crippen molar-refractivity contribution in [3.05, 3.63) is 35.4 Å². The Kier molecular flexibility index (Phi) is 7.69. The van der Waals surface area contributed by atoms with Crippen molar-refractivity contribution in [3.63, 3.8) is 0 Å². The topological polar surface area (TPSA) is 70.6 Å². The third-order valence-corrected chi connectivity index (χ3v) is 3.07. The molecule has 0 aromatic heterocycles. The standard InChI is InChI=1S/C15H24N2O3/c1-3-14(10-18)17-15(19)16-9-12-7-5-6-8-13(12)11-20-4-2/h5-8,14,18H,3-4,9-11H2,1-2H3,(H2,16,17,19). The summed E-state index contributed by atoms with van der Waals surface area (Å²) in [5, 5.41) is 14.6. The summed E-state index contributed by atoms with van der Waals surface area (Å²) in [5.41, 5.74) is 2.11. The van der Waals surface area contributed by atoms with Crippen molar-refractivity contribution >= 4 is 6.03 Å². The zero-order valence-corrected chi connectivity index (χ0v) is 12.2. The lowest BCUT2D eigenvalue weighted by molar-refractivity contribution is 0.133. The van der Waals surface area contributed by atoms with Crippen LogP contribution in [0.2, 0.25) is 0 Å². The molecule has 0 aliphatic rings. The van der Waals surface area contributed by atoms with Crippen molar-refractivity contribution in [2.45, 2.75) is 39.5 Å². The zero-order chi connectivity index (χ0) is 14.8. The molecule has 0 heterocycles. The smallest absolute Gasteiger partial charge is 0.315 e. The molecule has 0 fully saturated rings. The number of aliphatic hydroxyl groups is 1. The van der Waals surface area contributed by atoms with E-state index in [1.54, 1.807) is 0 Å². The van der Waals surface area contributed by atoms with Gasteiger partial charge in [0.2, 0.25) is 0 Å². The summed E-state index contributed by atoms with van der Waals surface area (Å²) in [7, 11) is 0. The van der Waals surface area contributed by atoms with Gasteiger partial charge in [0.25, 0.3) is 0 Å². The maximum Gasteiger partial charge on any atom is 0.315 e. The van der Waals surface area contributed by atoms with Gasteiger partial charge in [0.15, 0.2) is 0 Å². The van der Waals surface area contributed by atoms with Gasteiger partial charge in [0, 0.05) is 13.2 Å². The van der Waals surface area contributed by atoms with Gasteiger partial charge < -0.3 is 20.5 Å². The summed E-state index contributed by atoms with van der Waals surface area (Å²) in [4.78, 5) is 11.7. The number of urea groups is 1. The maximum absolute atomic E-state index is 11.7. The molecule has 2 amide bonds. The molecule has 112 valence electrons. The lowest BCUT2D eigenvalue weighted by Crippen LogP contribution is -2.43. The number of hydrogen-bond donors (Lipinski definition) is 3. The Hall–Kier alpha value is -1.59. The van der Waals surface area contributed by atoms with Gasteiger partial charge in [-0.2, -0.15) is 0 Å². The van der Waals surface area contributed by atoms with Crippen LogP contribution in [0.3, 0.4) is 0 Å². The van der Waals surface area contributed by atoms with E-state index in [-0.39, 0.29) is 18.7 Å². The molecule has 1 rings (SSSR count). The summed E-state index contributed by atoms with van der Waals surface area (Å²) in [6.45, 7) is 5.47. The Morgan fingerprint density at radius 1 is 1.30 bits per heavy atom. The molecule has 5 nitrogen and oxygen atoms in total. The van der Waals surface area contributed by atoms with Crippen molar-refractivity contribution in [3.8, 4) is 0 Å². The van der Waals surface area contributed by atoms with Gasteiger partial charge in [-0.25, -0.2) is 4.79 Å². The van der Waals surface area contributed by atoms with E-state index in [0.29, 0.717) is 26.2 Å².